The maximum Gasteiger partial charge on any atom is -0.0348 e. The highest BCUT2D eigenvalue weighted by atomic mass is 13.9. The van der Waals surface area contributed by atoms with Crippen molar-refractivity contribution < 1.29 is 0 Å². The summed E-state index contributed by atoms with van der Waals surface area (Å²) >= 11 is 0. The minimum atomic E-state index is 1.21. The monoisotopic (exact) mass is 180 g/mol. The molecule has 0 heterocycles. The maximum atomic E-state index is 2.28. The van der Waals surface area contributed by atoms with E-state index in [9.17, 15) is 0 Å². The summed E-state index contributed by atoms with van der Waals surface area (Å²) in [5.74, 6) is 0. The van der Waals surface area contributed by atoms with Gasteiger partial charge in [0, 0.05) is 0 Å². The molecule has 0 aromatic carbocycles. The molecule has 0 fully saturated rings. The van der Waals surface area contributed by atoms with Gasteiger partial charge in [0.15, 0.2) is 0 Å². The molecule has 0 aliphatic carbocycles. The Bertz CT molecular complexity index is 131. The van der Waals surface area contributed by atoms with E-state index < -0.39 is 0 Å². The molecule has 0 unspecified atom stereocenters. The lowest BCUT2D eigenvalue weighted by atomic mass is 10.1. The summed E-state index contributed by atoms with van der Waals surface area (Å²) < 4.78 is 0. The summed E-state index contributed by atoms with van der Waals surface area (Å²) in [6, 6.07) is 0. The first-order valence-electron chi connectivity index (χ1n) is 5.73. The molecule has 0 bridgehead atoms. The Balaban J connectivity index is 3.12. The summed E-state index contributed by atoms with van der Waals surface area (Å²) in [5, 5.41) is 0. The van der Waals surface area contributed by atoms with Gasteiger partial charge < -0.3 is 0 Å². The topological polar surface area (TPSA) is 0 Å². The van der Waals surface area contributed by atoms with Crippen molar-refractivity contribution in [1.29, 1.82) is 0 Å². The van der Waals surface area contributed by atoms with Gasteiger partial charge in [-0.2, -0.15) is 0 Å². The molecule has 0 aromatic heterocycles. The van der Waals surface area contributed by atoms with Crippen molar-refractivity contribution in [2.45, 2.75) is 58.8 Å². The van der Waals surface area contributed by atoms with Crippen LogP contribution in [0.4, 0.5) is 0 Å². The molecule has 0 N–H and O–H groups in total. The van der Waals surface area contributed by atoms with Gasteiger partial charge in [-0.3, -0.25) is 0 Å². The van der Waals surface area contributed by atoms with Gasteiger partial charge in [-0.05, 0) is 19.3 Å². The SMILES string of the molecule is CCC/C=C/C=C/CCCCCC. The number of rotatable bonds is 8. The standard InChI is InChI=1S/C13H24/c1-3-5-7-9-11-13-12-10-8-6-4-2/h7,9,11,13H,3-6,8,10,12H2,1-2H3/b9-7+,13-11+. The average Bonchev–Trinajstić information content (AvgIpc) is 2.16. The van der Waals surface area contributed by atoms with Gasteiger partial charge in [-0.15, -0.1) is 0 Å². The van der Waals surface area contributed by atoms with Crippen molar-refractivity contribution in [1.82, 2.24) is 0 Å². The van der Waals surface area contributed by atoms with Crippen LogP contribution in [0.15, 0.2) is 24.3 Å². The molecule has 0 atom stereocenters. The molecule has 0 amide bonds. The third-order valence-corrected chi connectivity index (χ3v) is 2.06. The molecule has 76 valence electrons. The zero-order valence-corrected chi connectivity index (χ0v) is 9.26. The van der Waals surface area contributed by atoms with Gasteiger partial charge in [0.2, 0.25) is 0 Å². The maximum absolute atomic E-state index is 2.28. The van der Waals surface area contributed by atoms with Crippen LogP contribution in [0.25, 0.3) is 0 Å². The smallest absolute Gasteiger partial charge is 0.0348 e. The van der Waals surface area contributed by atoms with Gasteiger partial charge in [0.05, 0.1) is 0 Å². The zero-order chi connectivity index (χ0) is 9.78. The highest BCUT2D eigenvalue weighted by Crippen LogP contribution is 2.02. The van der Waals surface area contributed by atoms with Crippen LogP contribution in [0.2, 0.25) is 0 Å². The normalized spacial score (nSPS) is 11.8. The van der Waals surface area contributed by atoms with Crippen LogP contribution in [0.5, 0.6) is 0 Å². The zero-order valence-electron chi connectivity index (χ0n) is 9.26. The van der Waals surface area contributed by atoms with Gasteiger partial charge in [0.1, 0.15) is 0 Å². The fourth-order valence-electron chi connectivity index (χ4n) is 1.21. The molecular formula is C13H24. The fourth-order valence-corrected chi connectivity index (χ4v) is 1.21. The van der Waals surface area contributed by atoms with Crippen molar-refractivity contribution in [3.63, 3.8) is 0 Å². The quantitative estimate of drug-likeness (QED) is 0.369. The fraction of sp³-hybridized carbons (Fsp3) is 0.692. The molecule has 0 saturated heterocycles. The molecule has 13 heavy (non-hydrogen) atoms. The van der Waals surface area contributed by atoms with Crippen LogP contribution < -0.4 is 0 Å². The van der Waals surface area contributed by atoms with Crippen molar-refractivity contribution in [3.05, 3.63) is 24.3 Å². The second-order valence-corrected chi connectivity index (χ2v) is 3.49. The number of unbranched alkanes of at least 4 members (excludes halogenated alkanes) is 5. The summed E-state index contributed by atoms with van der Waals surface area (Å²) in [6.45, 7) is 4.46. The molecule has 0 saturated carbocycles. The third-order valence-electron chi connectivity index (χ3n) is 2.06. The molecule has 0 nitrogen and oxygen atoms in total. The summed E-state index contributed by atoms with van der Waals surface area (Å²) in [6.07, 6.45) is 18.0. The van der Waals surface area contributed by atoms with Crippen LogP contribution >= 0.6 is 0 Å². The van der Waals surface area contributed by atoms with Crippen molar-refractivity contribution in [2.75, 3.05) is 0 Å². The first kappa shape index (κ1) is 12.5. The van der Waals surface area contributed by atoms with Crippen LogP contribution in [0, 0.1) is 0 Å². The van der Waals surface area contributed by atoms with E-state index in [0.29, 0.717) is 0 Å². The minimum Gasteiger partial charge on any atom is -0.0846 e. The molecular weight excluding hydrogens is 156 g/mol. The Morgan fingerprint density at radius 1 is 0.692 bits per heavy atom. The summed E-state index contributed by atoms with van der Waals surface area (Å²) in [4.78, 5) is 0. The Kier molecular flexibility index (Phi) is 11.0. The molecule has 0 aliphatic heterocycles. The number of hydrogen-bond donors (Lipinski definition) is 0. The van der Waals surface area contributed by atoms with Crippen LogP contribution in [0.1, 0.15) is 58.8 Å². The van der Waals surface area contributed by atoms with Gasteiger partial charge in [0.25, 0.3) is 0 Å². The van der Waals surface area contributed by atoms with Crippen LogP contribution in [-0.4, -0.2) is 0 Å². The van der Waals surface area contributed by atoms with E-state index >= 15 is 0 Å². The molecule has 0 aliphatic rings. The van der Waals surface area contributed by atoms with Gasteiger partial charge in [-0.25, -0.2) is 0 Å². The highest BCUT2D eigenvalue weighted by Gasteiger charge is 1.82. The first-order valence-corrected chi connectivity index (χ1v) is 5.73. The Labute approximate surface area is 83.7 Å². The lowest BCUT2D eigenvalue weighted by molar-refractivity contribution is 0.674. The second-order valence-electron chi connectivity index (χ2n) is 3.49. The lowest BCUT2D eigenvalue weighted by Gasteiger charge is -1.92. The van der Waals surface area contributed by atoms with E-state index in [1.807, 2.05) is 0 Å². The molecule has 0 radical (unpaired) electrons. The Hall–Kier alpha value is -0.520. The number of hydrogen-bond acceptors (Lipinski definition) is 0. The van der Waals surface area contributed by atoms with E-state index in [1.54, 1.807) is 0 Å². The van der Waals surface area contributed by atoms with Crippen molar-refractivity contribution in [2.24, 2.45) is 0 Å². The van der Waals surface area contributed by atoms with Gasteiger partial charge in [-0.1, -0.05) is 63.8 Å². The minimum absolute atomic E-state index is 1.21. The molecule has 0 aromatic rings. The van der Waals surface area contributed by atoms with E-state index in [1.165, 1.54) is 44.9 Å². The van der Waals surface area contributed by atoms with Crippen LogP contribution in [0.3, 0.4) is 0 Å². The Morgan fingerprint density at radius 2 is 1.38 bits per heavy atom. The van der Waals surface area contributed by atoms with E-state index in [0.717, 1.165) is 0 Å². The largest absolute Gasteiger partial charge is 0.0846 e. The van der Waals surface area contributed by atoms with Gasteiger partial charge >= 0.3 is 0 Å². The van der Waals surface area contributed by atoms with E-state index in [2.05, 4.69) is 38.2 Å². The predicted molar refractivity (Wildman–Crippen MR) is 61.9 cm³/mol. The Morgan fingerprint density at radius 3 is 2.00 bits per heavy atom. The predicted octanol–water partition coefficient (Wildman–Crippen LogP) is 4.87. The van der Waals surface area contributed by atoms with E-state index in [4.69, 9.17) is 0 Å². The molecule has 0 rings (SSSR count). The summed E-state index contributed by atoms with van der Waals surface area (Å²) in [5.41, 5.74) is 0. The summed E-state index contributed by atoms with van der Waals surface area (Å²) in [7, 11) is 0. The molecule has 0 heteroatoms. The van der Waals surface area contributed by atoms with Crippen molar-refractivity contribution >= 4 is 0 Å². The number of allylic oxidation sites excluding steroid dienone is 4. The van der Waals surface area contributed by atoms with Crippen LogP contribution in [-0.2, 0) is 0 Å². The second kappa shape index (κ2) is 11.5. The first-order chi connectivity index (χ1) is 6.41. The van der Waals surface area contributed by atoms with Crippen molar-refractivity contribution in [3.8, 4) is 0 Å². The molecule has 0 spiro atoms. The van der Waals surface area contributed by atoms with E-state index in [-0.39, 0.29) is 0 Å². The highest BCUT2D eigenvalue weighted by molar-refractivity contribution is 5.01. The average molecular weight is 180 g/mol. The third kappa shape index (κ3) is 11.5. The lowest BCUT2D eigenvalue weighted by Crippen LogP contribution is -1.73.